The van der Waals surface area contributed by atoms with Crippen molar-refractivity contribution in [3.8, 4) is 0 Å². The number of rotatable bonds is 5. The van der Waals surface area contributed by atoms with Crippen molar-refractivity contribution in [3.63, 3.8) is 0 Å². The molecule has 0 bridgehead atoms. The molecule has 0 atom stereocenters. The van der Waals surface area contributed by atoms with E-state index in [-0.39, 0.29) is 12.3 Å². The van der Waals surface area contributed by atoms with Crippen molar-refractivity contribution >= 4 is 11.9 Å². The summed E-state index contributed by atoms with van der Waals surface area (Å²) in [5.41, 5.74) is 1.53. The number of aliphatic carboxylic acids is 1. The molecule has 1 aromatic carbocycles. The van der Waals surface area contributed by atoms with Gasteiger partial charge in [0.15, 0.2) is 0 Å². The van der Waals surface area contributed by atoms with Crippen molar-refractivity contribution in [3.05, 3.63) is 35.4 Å². The molecule has 4 nitrogen and oxygen atoms in total. The van der Waals surface area contributed by atoms with Crippen molar-refractivity contribution in [2.45, 2.75) is 57.4 Å². The maximum absolute atomic E-state index is 12.3. The van der Waals surface area contributed by atoms with Crippen molar-refractivity contribution in [1.82, 2.24) is 5.32 Å². The second-order valence-electron chi connectivity index (χ2n) is 6.06. The molecule has 1 fully saturated rings. The summed E-state index contributed by atoms with van der Waals surface area (Å²) in [5.74, 6) is -0.916. The highest BCUT2D eigenvalue weighted by Gasteiger charge is 2.35. The zero-order valence-electron chi connectivity index (χ0n) is 12.5. The maximum Gasteiger partial charge on any atom is 0.305 e. The minimum absolute atomic E-state index is 0.0203. The third-order valence-electron chi connectivity index (χ3n) is 4.32. The molecule has 0 spiro atoms. The number of nitrogens with one attached hydrogen (secondary N) is 1. The van der Waals surface area contributed by atoms with Crippen LogP contribution < -0.4 is 5.32 Å². The van der Waals surface area contributed by atoms with E-state index in [0.29, 0.717) is 6.42 Å². The van der Waals surface area contributed by atoms with E-state index >= 15 is 0 Å². The van der Waals surface area contributed by atoms with E-state index in [1.165, 1.54) is 0 Å². The van der Waals surface area contributed by atoms with Crippen molar-refractivity contribution in [2.24, 2.45) is 0 Å². The Hall–Kier alpha value is -1.84. The second kappa shape index (κ2) is 6.74. The first-order valence-electron chi connectivity index (χ1n) is 7.58. The summed E-state index contributed by atoms with van der Waals surface area (Å²) >= 11 is 0. The fraction of sp³-hybridized carbons (Fsp3) is 0.529. The lowest BCUT2D eigenvalue weighted by Crippen LogP contribution is -2.51. The van der Waals surface area contributed by atoms with Gasteiger partial charge in [-0.05, 0) is 30.9 Å². The Kier molecular flexibility index (Phi) is 4.99. The molecule has 2 N–H and O–H groups in total. The summed E-state index contributed by atoms with van der Waals surface area (Å²) in [6.45, 7) is 1.98. The number of carbonyl (C=O) groups is 2. The minimum atomic E-state index is -0.840. The average molecular weight is 289 g/mol. The number of benzene rings is 1. The molecule has 1 aliphatic carbocycles. The molecule has 1 amide bonds. The Balaban J connectivity index is 2.04. The Morgan fingerprint density at radius 1 is 1.19 bits per heavy atom. The van der Waals surface area contributed by atoms with Crippen LogP contribution >= 0.6 is 0 Å². The molecule has 114 valence electrons. The molecule has 4 heteroatoms. The van der Waals surface area contributed by atoms with Crippen LogP contribution in [0.25, 0.3) is 0 Å². The Labute approximate surface area is 125 Å². The van der Waals surface area contributed by atoms with E-state index in [1.807, 2.05) is 31.2 Å². The van der Waals surface area contributed by atoms with Gasteiger partial charge in [-0.25, -0.2) is 0 Å². The Bertz CT molecular complexity index is 519. The third-order valence-corrected chi connectivity index (χ3v) is 4.32. The van der Waals surface area contributed by atoms with E-state index in [9.17, 15) is 9.59 Å². The summed E-state index contributed by atoms with van der Waals surface area (Å²) in [7, 11) is 0. The lowest BCUT2D eigenvalue weighted by atomic mass is 9.79. The molecule has 21 heavy (non-hydrogen) atoms. The molecular formula is C17H23NO3. The summed E-state index contributed by atoms with van der Waals surface area (Å²) in [6, 6.07) is 7.79. The largest absolute Gasteiger partial charge is 0.481 e. The first-order valence-corrected chi connectivity index (χ1v) is 7.58. The summed E-state index contributed by atoms with van der Waals surface area (Å²) in [4.78, 5) is 23.4. The van der Waals surface area contributed by atoms with Crippen LogP contribution in [0.1, 0.15) is 49.7 Å². The van der Waals surface area contributed by atoms with Crippen LogP contribution in [-0.2, 0) is 16.0 Å². The number of aryl methyl sites for hydroxylation is 1. The zero-order valence-corrected chi connectivity index (χ0v) is 12.5. The smallest absolute Gasteiger partial charge is 0.305 e. The molecule has 0 aromatic heterocycles. The zero-order chi connectivity index (χ0) is 15.3. The molecule has 1 aromatic rings. The highest BCUT2D eigenvalue weighted by molar-refractivity contribution is 5.80. The summed E-state index contributed by atoms with van der Waals surface area (Å²) < 4.78 is 0. The quantitative estimate of drug-likeness (QED) is 0.876. The first kappa shape index (κ1) is 15.5. The van der Waals surface area contributed by atoms with Gasteiger partial charge in [0.1, 0.15) is 0 Å². The number of carbonyl (C=O) groups excluding carboxylic acids is 1. The van der Waals surface area contributed by atoms with Crippen LogP contribution in [0.2, 0.25) is 0 Å². The van der Waals surface area contributed by atoms with E-state index in [1.54, 1.807) is 0 Å². The SMILES string of the molecule is Cc1ccccc1CC(=O)NC1(CC(=O)O)CCCCC1. The van der Waals surface area contributed by atoms with Gasteiger partial charge in [0.2, 0.25) is 5.91 Å². The van der Waals surface area contributed by atoms with Gasteiger partial charge in [0.05, 0.1) is 18.4 Å². The standard InChI is InChI=1S/C17H23NO3/c1-13-7-3-4-8-14(13)11-15(19)18-17(12-16(20)21)9-5-2-6-10-17/h3-4,7-8H,2,5-6,9-12H2,1H3,(H,18,19)(H,20,21). The van der Waals surface area contributed by atoms with E-state index in [4.69, 9.17) is 5.11 Å². The third kappa shape index (κ3) is 4.31. The van der Waals surface area contributed by atoms with Crippen molar-refractivity contribution < 1.29 is 14.7 Å². The van der Waals surface area contributed by atoms with Crippen LogP contribution in [0.5, 0.6) is 0 Å². The topological polar surface area (TPSA) is 66.4 Å². The van der Waals surface area contributed by atoms with E-state index in [0.717, 1.165) is 43.2 Å². The Morgan fingerprint density at radius 3 is 2.48 bits per heavy atom. The highest BCUT2D eigenvalue weighted by Crippen LogP contribution is 2.31. The predicted molar refractivity (Wildman–Crippen MR) is 81.1 cm³/mol. The van der Waals surface area contributed by atoms with Gasteiger partial charge < -0.3 is 10.4 Å². The number of amides is 1. The molecule has 0 saturated heterocycles. The van der Waals surface area contributed by atoms with Gasteiger partial charge in [0.25, 0.3) is 0 Å². The predicted octanol–water partition coefficient (Wildman–Crippen LogP) is 2.83. The first-order chi connectivity index (χ1) is 10.0. The monoisotopic (exact) mass is 289 g/mol. The van der Waals surface area contributed by atoms with Crippen LogP contribution in [0.15, 0.2) is 24.3 Å². The maximum atomic E-state index is 12.3. The van der Waals surface area contributed by atoms with Crippen molar-refractivity contribution in [2.75, 3.05) is 0 Å². The molecule has 1 saturated carbocycles. The molecule has 0 unspecified atom stereocenters. The van der Waals surface area contributed by atoms with Gasteiger partial charge >= 0.3 is 5.97 Å². The van der Waals surface area contributed by atoms with Gasteiger partial charge in [-0.3, -0.25) is 9.59 Å². The normalized spacial score (nSPS) is 17.2. The van der Waals surface area contributed by atoms with Crippen LogP contribution in [0.3, 0.4) is 0 Å². The van der Waals surface area contributed by atoms with Crippen LogP contribution in [0.4, 0.5) is 0 Å². The average Bonchev–Trinajstić information content (AvgIpc) is 2.41. The number of carboxylic acid groups (broad SMARTS) is 1. The summed E-state index contributed by atoms with van der Waals surface area (Å²) in [6.07, 6.45) is 4.95. The van der Waals surface area contributed by atoms with Gasteiger partial charge in [-0.2, -0.15) is 0 Å². The lowest BCUT2D eigenvalue weighted by Gasteiger charge is -2.37. The van der Waals surface area contributed by atoms with E-state index < -0.39 is 11.5 Å². The van der Waals surface area contributed by atoms with Gasteiger partial charge in [-0.1, -0.05) is 43.5 Å². The minimum Gasteiger partial charge on any atom is -0.481 e. The molecular weight excluding hydrogens is 266 g/mol. The number of hydrogen-bond acceptors (Lipinski definition) is 2. The summed E-state index contributed by atoms with van der Waals surface area (Å²) in [5, 5.41) is 12.1. The fourth-order valence-corrected chi connectivity index (χ4v) is 3.19. The molecule has 0 aliphatic heterocycles. The fourth-order valence-electron chi connectivity index (χ4n) is 3.19. The van der Waals surface area contributed by atoms with Crippen molar-refractivity contribution in [1.29, 1.82) is 0 Å². The van der Waals surface area contributed by atoms with Gasteiger partial charge in [0, 0.05) is 0 Å². The van der Waals surface area contributed by atoms with E-state index in [2.05, 4.69) is 5.32 Å². The molecule has 2 rings (SSSR count). The molecule has 0 heterocycles. The number of carboxylic acids is 1. The Morgan fingerprint density at radius 2 is 1.86 bits per heavy atom. The lowest BCUT2D eigenvalue weighted by molar-refractivity contribution is -0.139. The molecule has 0 radical (unpaired) electrons. The number of hydrogen-bond donors (Lipinski definition) is 2. The van der Waals surface area contributed by atoms with Crippen LogP contribution in [-0.4, -0.2) is 22.5 Å². The second-order valence-corrected chi connectivity index (χ2v) is 6.06. The van der Waals surface area contributed by atoms with Crippen LogP contribution in [0, 0.1) is 6.92 Å². The van der Waals surface area contributed by atoms with Gasteiger partial charge in [-0.15, -0.1) is 0 Å². The highest BCUT2D eigenvalue weighted by atomic mass is 16.4. The molecule has 1 aliphatic rings.